The number of amides is 1. The number of nitrogens with zero attached hydrogens (tertiary/aromatic N) is 2. The molecule has 2 N–H and O–H groups in total. The molecule has 1 aromatic carbocycles. The van der Waals surface area contributed by atoms with Crippen molar-refractivity contribution in [1.82, 2.24) is 20.4 Å². The molecule has 1 aromatic heterocycles. The fourth-order valence-corrected chi connectivity index (χ4v) is 3.23. The monoisotopic (exact) mass is 380 g/mol. The number of hydrogen-bond acceptors (Lipinski definition) is 3. The zero-order valence-electron chi connectivity index (χ0n) is 15.0. The summed E-state index contributed by atoms with van der Waals surface area (Å²) in [4.78, 5) is 14.2. The molecule has 5 nitrogen and oxygen atoms in total. The van der Waals surface area contributed by atoms with Crippen molar-refractivity contribution in [2.24, 2.45) is 0 Å². The van der Waals surface area contributed by atoms with Crippen molar-refractivity contribution in [3.05, 3.63) is 41.8 Å². The molecular formula is C19H26ClFN4O. The number of aromatic nitrogens is 2. The first-order valence-corrected chi connectivity index (χ1v) is 8.92. The summed E-state index contributed by atoms with van der Waals surface area (Å²) < 4.78 is 13.3. The largest absolute Gasteiger partial charge is 0.344 e. The number of aromatic amines is 1. The number of hydrogen-bond donors (Lipinski definition) is 2. The first kappa shape index (κ1) is 20.4. The molecule has 0 saturated carbocycles. The lowest BCUT2D eigenvalue weighted by molar-refractivity contribution is -0.132. The molecule has 3 rings (SSSR count). The topological polar surface area (TPSA) is 61.0 Å². The predicted octanol–water partition coefficient (Wildman–Crippen LogP) is 3.17. The molecule has 1 atom stereocenters. The zero-order chi connectivity index (χ0) is 17.6. The third kappa shape index (κ3) is 5.29. The highest BCUT2D eigenvalue weighted by molar-refractivity contribution is 5.85. The predicted molar refractivity (Wildman–Crippen MR) is 103 cm³/mol. The molecule has 1 amide bonds. The van der Waals surface area contributed by atoms with Gasteiger partial charge in [0.2, 0.25) is 5.91 Å². The Balaban J connectivity index is 0.00000243. The molecule has 0 aliphatic carbocycles. The maximum atomic E-state index is 13.3. The maximum absolute atomic E-state index is 13.3. The average Bonchev–Trinajstić information content (AvgIpc) is 3.11. The Morgan fingerprint density at radius 1 is 1.35 bits per heavy atom. The SMILES string of the molecule is CN(CCCc1cc(-c2cccc(F)c2)n[nH]1)C(=O)C1CCCCN1.Cl. The Kier molecular flexibility index (Phi) is 7.60. The third-order valence-electron chi connectivity index (χ3n) is 4.68. The van der Waals surface area contributed by atoms with E-state index in [9.17, 15) is 9.18 Å². The quantitative estimate of drug-likeness (QED) is 0.809. The number of H-pyrrole nitrogens is 1. The van der Waals surface area contributed by atoms with Gasteiger partial charge in [-0.05, 0) is 50.4 Å². The van der Waals surface area contributed by atoms with E-state index in [-0.39, 0.29) is 30.2 Å². The molecule has 142 valence electrons. The smallest absolute Gasteiger partial charge is 0.239 e. The molecule has 0 spiro atoms. The van der Waals surface area contributed by atoms with Crippen LogP contribution in [0.2, 0.25) is 0 Å². The molecule has 0 bridgehead atoms. The fourth-order valence-electron chi connectivity index (χ4n) is 3.23. The summed E-state index contributed by atoms with van der Waals surface area (Å²) in [7, 11) is 1.86. The number of rotatable bonds is 6. The number of benzene rings is 1. The first-order chi connectivity index (χ1) is 12.1. The minimum absolute atomic E-state index is 0. The van der Waals surface area contributed by atoms with Crippen LogP contribution >= 0.6 is 12.4 Å². The van der Waals surface area contributed by atoms with Crippen LogP contribution in [0.1, 0.15) is 31.4 Å². The number of likely N-dealkylation sites (N-methyl/N-ethyl adjacent to an activating group) is 1. The van der Waals surface area contributed by atoms with Crippen molar-refractivity contribution in [2.75, 3.05) is 20.1 Å². The molecule has 0 radical (unpaired) electrons. The number of carbonyl (C=O) groups is 1. The van der Waals surface area contributed by atoms with Crippen LogP contribution in [-0.2, 0) is 11.2 Å². The summed E-state index contributed by atoms with van der Waals surface area (Å²) >= 11 is 0. The van der Waals surface area contributed by atoms with Gasteiger partial charge in [-0.1, -0.05) is 18.6 Å². The second-order valence-corrected chi connectivity index (χ2v) is 6.65. The Morgan fingerprint density at radius 2 is 2.19 bits per heavy atom. The van der Waals surface area contributed by atoms with Gasteiger partial charge in [0.1, 0.15) is 5.82 Å². The van der Waals surface area contributed by atoms with Crippen molar-refractivity contribution in [3.63, 3.8) is 0 Å². The summed E-state index contributed by atoms with van der Waals surface area (Å²) in [5.41, 5.74) is 2.50. The maximum Gasteiger partial charge on any atom is 0.239 e. The van der Waals surface area contributed by atoms with E-state index in [0.717, 1.165) is 55.6 Å². The third-order valence-corrected chi connectivity index (χ3v) is 4.68. The Bertz CT molecular complexity index is 715. The second-order valence-electron chi connectivity index (χ2n) is 6.65. The number of halogens is 2. The van der Waals surface area contributed by atoms with Crippen molar-refractivity contribution >= 4 is 18.3 Å². The van der Waals surface area contributed by atoms with Gasteiger partial charge in [-0.15, -0.1) is 12.4 Å². The van der Waals surface area contributed by atoms with E-state index >= 15 is 0 Å². The van der Waals surface area contributed by atoms with Crippen molar-refractivity contribution < 1.29 is 9.18 Å². The normalized spacial score (nSPS) is 16.8. The molecule has 1 fully saturated rings. The van der Waals surface area contributed by atoms with Gasteiger partial charge in [-0.3, -0.25) is 9.89 Å². The molecule has 1 saturated heterocycles. The highest BCUT2D eigenvalue weighted by Gasteiger charge is 2.23. The van der Waals surface area contributed by atoms with Crippen LogP contribution in [0.25, 0.3) is 11.3 Å². The summed E-state index contributed by atoms with van der Waals surface area (Å²) in [6.07, 6.45) is 4.87. The molecule has 1 aliphatic heterocycles. The van der Waals surface area contributed by atoms with Crippen LogP contribution in [0.15, 0.2) is 30.3 Å². The molecule has 26 heavy (non-hydrogen) atoms. The van der Waals surface area contributed by atoms with E-state index in [1.54, 1.807) is 6.07 Å². The number of carbonyl (C=O) groups excluding carboxylic acids is 1. The molecule has 1 aliphatic rings. The lowest BCUT2D eigenvalue weighted by Crippen LogP contribution is -2.47. The lowest BCUT2D eigenvalue weighted by Gasteiger charge is -2.27. The van der Waals surface area contributed by atoms with Crippen LogP contribution in [-0.4, -0.2) is 47.2 Å². The number of aryl methyl sites for hydroxylation is 1. The minimum atomic E-state index is -0.265. The van der Waals surface area contributed by atoms with E-state index in [2.05, 4.69) is 15.5 Å². The molecule has 1 unspecified atom stereocenters. The van der Waals surface area contributed by atoms with Gasteiger partial charge in [-0.25, -0.2) is 4.39 Å². The fraction of sp³-hybridized carbons (Fsp3) is 0.474. The minimum Gasteiger partial charge on any atom is -0.344 e. The first-order valence-electron chi connectivity index (χ1n) is 8.92. The van der Waals surface area contributed by atoms with Crippen LogP contribution in [0.5, 0.6) is 0 Å². The van der Waals surface area contributed by atoms with E-state index < -0.39 is 0 Å². The summed E-state index contributed by atoms with van der Waals surface area (Å²) in [6.45, 7) is 1.65. The second kappa shape index (κ2) is 9.69. The highest BCUT2D eigenvalue weighted by atomic mass is 35.5. The molecule has 2 aromatic rings. The summed E-state index contributed by atoms with van der Waals surface area (Å²) in [5, 5.41) is 10.5. The Labute approximate surface area is 159 Å². The standard InChI is InChI=1S/C19H25FN4O.ClH/c1-24(19(25)17-9-2-3-10-21-17)11-5-8-16-13-18(23-22-16)14-6-4-7-15(20)12-14;/h4,6-7,12-13,17,21H,2-3,5,8-11H2,1H3,(H,22,23);1H. The van der Waals surface area contributed by atoms with Crippen LogP contribution in [0, 0.1) is 5.82 Å². The number of piperidine rings is 1. The number of nitrogens with one attached hydrogen (secondary N) is 2. The molecular weight excluding hydrogens is 355 g/mol. The van der Waals surface area contributed by atoms with Crippen LogP contribution in [0.3, 0.4) is 0 Å². The average molecular weight is 381 g/mol. The summed E-state index contributed by atoms with van der Waals surface area (Å²) in [5.74, 6) is -0.0803. The van der Waals surface area contributed by atoms with Gasteiger partial charge in [0.25, 0.3) is 0 Å². The Morgan fingerprint density at radius 3 is 2.92 bits per heavy atom. The van der Waals surface area contributed by atoms with E-state index in [0.29, 0.717) is 6.54 Å². The van der Waals surface area contributed by atoms with Gasteiger partial charge < -0.3 is 10.2 Å². The van der Waals surface area contributed by atoms with E-state index in [1.165, 1.54) is 12.1 Å². The molecule has 2 heterocycles. The Hall–Kier alpha value is -1.92. The lowest BCUT2D eigenvalue weighted by atomic mass is 10.0. The van der Waals surface area contributed by atoms with Gasteiger partial charge in [0.05, 0.1) is 11.7 Å². The van der Waals surface area contributed by atoms with Crippen LogP contribution < -0.4 is 5.32 Å². The highest BCUT2D eigenvalue weighted by Crippen LogP contribution is 2.19. The van der Waals surface area contributed by atoms with Gasteiger partial charge >= 0.3 is 0 Å². The van der Waals surface area contributed by atoms with Gasteiger partial charge in [-0.2, -0.15) is 5.10 Å². The van der Waals surface area contributed by atoms with Gasteiger partial charge in [0.15, 0.2) is 0 Å². The van der Waals surface area contributed by atoms with Crippen molar-refractivity contribution in [1.29, 1.82) is 0 Å². The van der Waals surface area contributed by atoms with E-state index in [4.69, 9.17) is 0 Å². The summed E-state index contributed by atoms with van der Waals surface area (Å²) in [6, 6.07) is 8.34. The van der Waals surface area contributed by atoms with Crippen molar-refractivity contribution in [3.8, 4) is 11.3 Å². The van der Waals surface area contributed by atoms with E-state index in [1.807, 2.05) is 24.1 Å². The van der Waals surface area contributed by atoms with Crippen LogP contribution in [0.4, 0.5) is 4.39 Å². The zero-order valence-corrected chi connectivity index (χ0v) is 15.8. The molecule has 7 heteroatoms. The van der Waals surface area contributed by atoms with Gasteiger partial charge in [0, 0.05) is 24.8 Å². The van der Waals surface area contributed by atoms with Crippen molar-refractivity contribution in [2.45, 2.75) is 38.1 Å².